The average Bonchev–Trinajstić information content (AvgIpc) is 2.24. The van der Waals surface area contributed by atoms with Gasteiger partial charge in [0.1, 0.15) is 0 Å². The molecule has 1 nitrogen and oxygen atoms in total. The van der Waals surface area contributed by atoms with Crippen molar-refractivity contribution >= 4 is 10.9 Å². The lowest BCUT2D eigenvalue weighted by atomic mass is 9.74. The van der Waals surface area contributed by atoms with Crippen LogP contribution in [0.5, 0.6) is 0 Å². The maximum absolute atomic E-state index is 4.62. The summed E-state index contributed by atoms with van der Waals surface area (Å²) in [6, 6.07) is 8.61. The topological polar surface area (TPSA) is 12.9 Å². The zero-order valence-corrected chi connectivity index (χ0v) is 12.3. The average molecular weight is 241 g/mol. The van der Waals surface area contributed by atoms with Crippen LogP contribution in [0.25, 0.3) is 10.9 Å². The molecule has 0 N–H and O–H groups in total. The minimum absolute atomic E-state index is 0.108. The molecule has 0 bridgehead atoms. The smallest absolute Gasteiger partial charge is 0.0742 e. The van der Waals surface area contributed by atoms with Gasteiger partial charge < -0.3 is 0 Å². The molecule has 0 atom stereocenters. The number of aromatic nitrogens is 1. The van der Waals surface area contributed by atoms with Crippen LogP contribution in [0.4, 0.5) is 0 Å². The first-order valence-electron chi connectivity index (χ1n) is 6.60. The Kier molecular flexibility index (Phi) is 2.96. The number of hydrogen-bond donors (Lipinski definition) is 0. The van der Waals surface area contributed by atoms with E-state index in [1.165, 1.54) is 16.5 Å². The SMILES string of the molecule is CC(C)(C)c1ccc2cccnc2c1C(C)(C)C. The van der Waals surface area contributed by atoms with Gasteiger partial charge in [-0.3, -0.25) is 4.98 Å². The Labute approximate surface area is 110 Å². The molecule has 1 heteroatoms. The lowest BCUT2D eigenvalue weighted by Gasteiger charge is -2.30. The van der Waals surface area contributed by atoms with Gasteiger partial charge in [0.05, 0.1) is 5.52 Å². The largest absolute Gasteiger partial charge is 0.256 e. The number of pyridine rings is 1. The van der Waals surface area contributed by atoms with Crippen molar-refractivity contribution in [3.63, 3.8) is 0 Å². The molecule has 2 aromatic rings. The molecule has 1 aromatic heterocycles. The van der Waals surface area contributed by atoms with E-state index in [1.807, 2.05) is 12.3 Å². The van der Waals surface area contributed by atoms with Crippen LogP contribution >= 0.6 is 0 Å². The molecule has 0 amide bonds. The van der Waals surface area contributed by atoms with E-state index in [0.717, 1.165) is 5.52 Å². The van der Waals surface area contributed by atoms with E-state index in [2.05, 4.69) is 64.7 Å². The second kappa shape index (κ2) is 4.08. The zero-order valence-electron chi connectivity index (χ0n) is 12.3. The Balaban J connectivity index is 2.89. The zero-order chi connectivity index (χ0) is 13.6. The summed E-state index contributed by atoms with van der Waals surface area (Å²) >= 11 is 0. The third-order valence-electron chi connectivity index (χ3n) is 3.33. The van der Waals surface area contributed by atoms with Crippen LogP contribution in [0.1, 0.15) is 52.7 Å². The standard InChI is InChI=1S/C17H23N/c1-16(2,3)13-10-9-12-8-7-11-18-15(12)14(13)17(4,5)6/h7-11H,1-6H3. The van der Waals surface area contributed by atoms with Crippen LogP contribution in [0.3, 0.4) is 0 Å². The summed E-state index contributed by atoms with van der Waals surface area (Å²) in [5.74, 6) is 0. The van der Waals surface area contributed by atoms with Gasteiger partial charge in [-0.1, -0.05) is 59.7 Å². The molecule has 18 heavy (non-hydrogen) atoms. The molecule has 0 aliphatic rings. The quantitative estimate of drug-likeness (QED) is 0.643. The van der Waals surface area contributed by atoms with Gasteiger partial charge in [-0.15, -0.1) is 0 Å². The third-order valence-corrected chi connectivity index (χ3v) is 3.33. The fraction of sp³-hybridized carbons (Fsp3) is 0.471. The van der Waals surface area contributed by atoms with E-state index in [0.29, 0.717) is 0 Å². The first-order valence-corrected chi connectivity index (χ1v) is 6.60. The van der Waals surface area contributed by atoms with Crippen LogP contribution in [0.15, 0.2) is 30.5 Å². The first kappa shape index (κ1) is 13.1. The minimum atomic E-state index is 0.108. The molecular formula is C17H23N. The highest BCUT2D eigenvalue weighted by Crippen LogP contribution is 2.37. The predicted octanol–water partition coefficient (Wildman–Crippen LogP) is 4.83. The van der Waals surface area contributed by atoms with Gasteiger partial charge in [-0.25, -0.2) is 0 Å². The molecule has 0 radical (unpaired) electrons. The van der Waals surface area contributed by atoms with Gasteiger partial charge in [0, 0.05) is 11.6 Å². The highest BCUT2D eigenvalue weighted by Gasteiger charge is 2.27. The molecule has 0 aliphatic heterocycles. The lowest BCUT2D eigenvalue weighted by molar-refractivity contribution is 0.534. The molecule has 1 heterocycles. The molecule has 2 rings (SSSR count). The Morgan fingerprint density at radius 2 is 1.50 bits per heavy atom. The van der Waals surface area contributed by atoms with Crippen LogP contribution in [-0.4, -0.2) is 4.98 Å². The molecule has 0 unspecified atom stereocenters. The van der Waals surface area contributed by atoms with Gasteiger partial charge in [0.15, 0.2) is 0 Å². The van der Waals surface area contributed by atoms with Crippen LogP contribution in [0.2, 0.25) is 0 Å². The van der Waals surface area contributed by atoms with Crippen molar-refractivity contribution in [3.8, 4) is 0 Å². The summed E-state index contributed by atoms with van der Waals surface area (Å²) in [4.78, 5) is 4.62. The summed E-state index contributed by atoms with van der Waals surface area (Å²) in [6.45, 7) is 13.6. The van der Waals surface area contributed by atoms with Gasteiger partial charge >= 0.3 is 0 Å². The van der Waals surface area contributed by atoms with Crippen LogP contribution in [0, 0.1) is 0 Å². The molecule has 0 fully saturated rings. The number of hydrogen-bond acceptors (Lipinski definition) is 1. The van der Waals surface area contributed by atoms with Crippen LogP contribution < -0.4 is 0 Å². The highest BCUT2D eigenvalue weighted by atomic mass is 14.7. The minimum Gasteiger partial charge on any atom is -0.256 e. The van der Waals surface area contributed by atoms with E-state index in [1.54, 1.807) is 0 Å². The Bertz CT molecular complexity index is 568. The van der Waals surface area contributed by atoms with E-state index < -0.39 is 0 Å². The van der Waals surface area contributed by atoms with Gasteiger partial charge in [-0.2, -0.15) is 0 Å². The Morgan fingerprint density at radius 1 is 0.833 bits per heavy atom. The van der Waals surface area contributed by atoms with Crippen molar-refractivity contribution in [2.75, 3.05) is 0 Å². The molecular weight excluding hydrogens is 218 g/mol. The summed E-state index contributed by atoms with van der Waals surface area (Å²) < 4.78 is 0. The van der Waals surface area contributed by atoms with Crippen molar-refractivity contribution in [2.24, 2.45) is 0 Å². The highest BCUT2D eigenvalue weighted by molar-refractivity contribution is 5.84. The van der Waals surface area contributed by atoms with E-state index >= 15 is 0 Å². The summed E-state index contributed by atoms with van der Waals surface area (Å²) in [5.41, 5.74) is 4.19. The van der Waals surface area contributed by atoms with Crippen molar-refractivity contribution in [1.82, 2.24) is 4.98 Å². The molecule has 1 aromatic carbocycles. The number of rotatable bonds is 0. The lowest BCUT2D eigenvalue weighted by Crippen LogP contribution is -2.22. The molecule has 96 valence electrons. The fourth-order valence-electron chi connectivity index (χ4n) is 2.53. The van der Waals surface area contributed by atoms with Gasteiger partial charge in [-0.05, 0) is 28.0 Å². The Hall–Kier alpha value is -1.37. The molecule has 0 saturated carbocycles. The maximum Gasteiger partial charge on any atom is 0.0742 e. The summed E-state index contributed by atoms with van der Waals surface area (Å²) in [6.07, 6.45) is 1.89. The normalized spacial score (nSPS) is 13.0. The number of fused-ring (bicyclic) bond motifs is 1. The van der Waals surface area contributed by atoms with Crippen LogP contribution in [-0.2, 0) is 10.8 Å². The first-order chi connectivity index (χ1) is 8.21. The number of nitrogens with zero attached hydrogens (tertiary/aromatic N) is 1. The van der Waals surface area contributed by atoms with E-state index in [9.17, 15) is 0 Å². The molecule has 0 saturated heterocycles. The van der Waals surface area contributed by atoms with Crippen molar-refractivity contribution in [1.29, 1.82) is 0 Å². The molecule has 0 aliphatic carbocycles. The van der Waals surface area contributed by atoms with Gasteiger partial charge in [0.2, 0.25) is 0 Å². The van der Waals surface area contributed by atoms with E-state index in [4.69, 9.17) is 0 Å². The summed E-state index contributed by atoms with van der Waals surface area (Å²) in [5, 5.41) is 1.23. The fourth-order valence-corrected chi connectivity index (χ4v) is 2.53. The van der Waals surface area contributed by atoms with Gasteiger partial charge in [0.25, 0.3) is 0 Å². The van der Waals surface area contributed by atoms with Crippen molar-refractivity contribution in [2.45, 2.75) is 52.4 Å². The van der Waals surface area contributed by atoms with Crippen molar-refractivity contribution in [3.05, 3.63) is 41.6 Å². The third kappa shape index (κ3) is 2.27. The predicted molar refractivity (Wildman–Crippen MR) is 79.1 cm³/mol. The monoisotopic (exact) mass is 241 g/mol. The van der Waals surface area contributed by atoms with Crippen molar-refractivity contribution < 1.29 is 0 Å². The van der Waals surface area contributed by atoms with E-state index in [-0.39, 0.29) is 10.8 Å². The summed E-state index contributed by atoms with van der Waals surface area (Å²) in [7, 11) is 0. The second-order valence-corrected chi connectivity index (χ2v) is 7.06. The maximum atomic E-state index is 4.62. The second-order valence-electron chi connectivity index (χ2n) is 7.06. The Morgan fingerprint density at radius 3 is 2.06 bits per heavy atom. The number of benzene rings is 1. The molecule has 0 spiro atoms.